The SMILES string of the molecule is CCCC/C=C/SCc1ccco1. The van der Waals surface area contributed by atoms with Crippen molar-refractivity contribution in [3.8, 4) is 0 Å². The van der Waals surface area contributed by atoms with E-state index in [2.05, 4.69) is 18.4 Å². The third kappa shape index (κ3) is 4.83. The van der Waals surface area contributed by atoms with Gasteiger partial charge in [-0.25, -0.2) is 0 Å². The summed E-state index contributed by atoms with van der Waals surface area (Å²) in [6, 6.07) is 3.93. The maximum atomic E-state index is 5.21. The Morgan fingerprint density at radius 3 is 3.15 bits per heavy atom. The zero-order chi connectivity index (χ0) is 9.36. The highest BCUT2D eigenvalue weighted by Gasteiger charge is 1.91. The van der Waals surface area contributed by atoms with Crippen molar-refractivity contribution in [1.29, 1.82) is 0 Å². The Hall–Kier alpha value is -0.630. The number of hydrogen-bond acceptors (Lipinski definition) is 2. The van der Waals surface area contributed by atoms with E-state index in [1.54, 1.807) is 18.0 Å². The molecule has 1 aromatic rings. The van der Waals surface area contributed by atoms with E-state index in [0.29, 0.717) is 0 Å². The van der Waals surface area contributed by atoms with Gasteiger partial charge in [-0.3, -0.25) is 0 Å². The highest BCUT2D eigenvalue weighted by Crippen LogP contribution is 2.13. The van der Waals surface area contributed by atoms with Crippen LogP contribution in [0.4, 0.5) is 0 Å². The van der Waals surface area contributed by atoms with Gasteiger partial charge in [0.05, 0.1) is 12.0 Å². The molecule has 1 rings (SSSR count). The first-order valence-corrected chi connectivity index (χ1v) is 5.77. The molecular formula is C11H16OS. The summed E-state index contributed by atoms with van der Waals surface area (Å²) >= 11 is 1.79. The van der Waals surface area contributed by atoms with E-state index in [1.165, 1.54) is 19.3 Å². The van der Waals surface area contributed by atoms with Crippen LogP contribution in [-0.2, 0) is 5.75 Å². The predicted molar refractivity (Wildman–Crippen MR) is 58.7 cm³/mol. The minimum Gasteiger partial charge on any atom is -0.468 e. The van der Waals surface area contributed by atoms with Crippen molar-refractivity contribution in [3.63, 3.8) is 0 Å². The van der Waals surface area contributed by atoms with Crippen LogP contribution in [0.15, 0.2) is 34.3 Å². The molecule has 0 unspecified atom stereocenters. The fourth-order valence-corrected chi connectivity index (χ4v) is 1.68. The fraction of sp³-hybridized carbons (Fsp3) is 0.455. The number of furan rings is 1. The first-order valence-electron chi connectivity index (χ1n) is 4.72. The van der Waals surface area contributed by atoms with Gasteiger partial charge in [-0.15, -0.1) is 11.8 Å². The zero-order valence-corrected chi connectivity index (χ0v) is 8.85. The summed E-state index contributed by atoms with van der Waals surface area (Å²) < 4.78 is 5.21. The number of hydrogen-bond donors (Lipinski definition) is 0. The Bertz CT molecular complexity index is 226. The van der Waals surface area contributed by atoms with Crippen molar-refractivity contribution < 1.29 is 4.42 Å². The maximum absolute atomic E-state index is 5.21. The van der Waals surface area contributed by atoms with Crippen molar-refractivity contribution in [2.45, 2.75) is 31.9 Å². The quantitative estimate of drug-likeness (QED) is 0.632. The third-order valence-corrected chi connectivity index (χ3v) is 2.56. The highest BCUT2D eigenvalue weighted by atomic mass is 32.2. The second-order valence-corrected chi connectivity index (χ2v) is 3.80. The second kappa shape index (κ2) is 6.84. The fourth-order valence-electron chi connectivity index (χ4n) is 0.983. The largest absolute Gasteiger partial charge is 0.468 e. The third-order valence-electron chi connectivity index (χ3n) is 1.72. The molecule has 2 heteroatoms. The first-order chi connectivity index (χ1) is 6.43. The van der Waals surface area contributed by atoms with E-state index in [-0.39, 0.29) is 0 Å². The molecule has 13 heavy (non-hydrogen) atoms. The molecule has 0 bridgehead atoms. The minimum atomic E-state index is 0.940. The molecule has 0 aromatic carbocycles. The lowest BCUT2D eigenvalue weighted by molar-refractivity contribution is 0.530. The molecular weight excluding hydrogens is 180 g/mol. The topological polar surface area (TPSA) is 13.1 Å². The normalized spacial score (nSPS) is 11.2. The van der Waals surface area contributed by atoms with Crippen LogP contribution in [0.1, 0.15) is 31.9 Å². The van der Waals surface area contributed by atoms with Gasteiger partial charge >= 0.3 is 0 Å². The molecule has 72 valence electrons. The summed E-state index contributed by atoms with van der Waals surface area (Å²) in [5, 5.41) is 2.16. The number of thioether (sulfide) groups is 1. The van der Waals surface area contributed by atoms with Crippen LogP contribution in [0.5, 0.6) is 0 Å². The van der Waals surface area contributed by atoms with E-state index in [9.17, 15) is 0 Å². The molecule has 0 aliphatic heterocycles. The summed E-state index contributed by atoms with van der Waals surface area (Å²) in [5.41, 5.74) is 0. The van der Waals surface area contributed by atoms with Gasteiger partial charge in [-0.1, -0.05) is 25.8 Å². The first kappa shape index (κ1) is 10.5. The van der Waals surface area contributed by atoms with E-state index < -0.39 is 0 Å². The van der Waals surface area contributed by atoms with Gasteiger partial charge in [-0.05, 0) is 24.0 Å². The lowest BCUT2D eigenvalue weighted by Gasteiger charge is -1.91. The smallest absolute Gasteiger partial charge is 0.113 e. The van der Waals surface area contributed by atoms with Gasteiger partial charge in [0.25, 0.3) is 0 Å². The van der Waals surface area contributed by atoms with Crippen LogP contribution in [-0.4, -0.2) is 0 Å². The Labute approximate surface area is 84.2 Å². The minimum absolute atomic E-state index is 0.940. The number of unbranched alkanes of at least 4 members (excludes halogenated alkanes) is 2. The molecule has 1 nitrogen and oxygen atoms in total. The Kier molecular flexibility index (Phi) is 5.50. The van der Waals surface area contributed by atoms with Gasteiger partial charge in [0.15, 0.2) is 0 Å². The Morgan fingerprint density at radius 2 is 2.46 bits per heavy atom. The number of allylic oxidation sites excluding steroid dienone is 1. The van der Waals surface area contributed by atoms with Crippen molar-refractivity contribution >= 4 is 11.8 Å². The lowest BCUT2D eigenvalue weighted by atomic mass is 10.2. The van der Waals surface area contributed by atoms with E-state index in [4.69, 9.17) is 4.42 Å². The second-order valence-electron chi connectivity index (χ2n) is 2.90. The molecule has 0 aliphatic carbocycles. The van der Waals surface area contributed by atoms with Crippen LogP contribution in [0.25, 0.3) is 0 Å². The molecule has 1 heterocycles. The molecule has 0 N–H and O–H groups in total. The Balaban J connectivity index is 2.04. The molecule has 0 aliphatic rings. The van der Waals surface area contributed by atoms with Crippen molar-refractivity contribution in [1.82, 2.24) is 0 Å². The van der Waals surface area contributed by atoms with Gasteiger partial charge in [-0.2, -0.15) is 0 Å². The molecule has 1 aromatic heterocycles. The van der Waals surface area contributed by atoms with Gasteiger partial charge < -0.3 is 4.42 Å². The molecule has 0 spiro atoms. The molecule has 0 fully saturated rings. The van der Waals surface area contributed by atoms with Gasteiger partial charge in [0.2, 0.25) is 0 Å². The predicted octanol–water partition coefficient (Wildman–Crippen LogP) is 4.22. The zero-order valence-electron chi connectivity index (χ0n) is 8.03. The molecule has 0 radical (unpaired) electrons. The average Bonchev–Trinajstić information content (AvgIpc) is 2.63. The van der Waals surface area contributed by atoms with E-state index in [0.717, 1.165) is 11.5 Å². The van der Waals surface area contributed by atoms with Gasteiger partial charge in [0.1, 0.15) is 5.76 Å². The highest BCUT2D eigenvalue weighted by molar-refractivity contribution is 8.01. The summed E-state index contributed by atoms with van der Waals surface area (Å²) in [6.07, 6.45) is 7.71. The van der Waals surface area contributed by atoms with Crippen LogP contribution < -0.4 is 0 Å². The maximum Gasteiger partial charge on any atom is 0.113 e. The van der Waals surface area contributed by atoms with Crippen LogP contribution >= 0.6 is 11.8 Å². The molecule has 0 atom stereocenters. The summed E-state index contributed by atoms with van der Waals surface area (Å²) in [7, 11) is 0. The van der Waals surface area contributed by atoms with Crippen molar-refractivity contribution in [2.75, 3.05) is 0 Å². The van der Waals surface area contributed by atoms with Gasteiger partial charge in [0, 0.05) is 0 Å². The summed E-state index contributed by atoms with van der Waals surface area (Å²) in [4.78, 5) is 0. The van der Waals surface area contributed by atoms with Crippen molar-refractivity contribution in [2.24, 2.45) is 0 Å². The standard InChI is InChI=1S/C11H16OS/c1-2-3-4-5-9-13-10-11-7-6-8-12-11/h5-9H,2-4,10H2,1H3/b9-5+. The number of rotatable bonds is 6. The van der Waals surface area contributed by atoms with E-state index >= 15 is 0 Å². The molecule has 0 amide bonds. The average molecular weight is 196 g/mol. The molecule has 0 saturated carbocycles. The monoisotopic (exact) mass is 196 g/mol. The summed E-state index contributed by atoms with van der Waals surface area (Å²) in [5.74, 6) is 1.99. The van der Waals surface area contributed by atoms with E-state index in [1.807, 2.05) is 12.1 Å². The summed E-state index contributed by atoms with van der Waals surface area (Å²) in [6.45, 7) is 2.21. The molecule has 0 saturated heterocycles. The van der Waals surface area contributed by atoms with Crippen LogP contribution in [0.3, 0.4) is 0 Å². The Morgan fingerprint density at radius 1 is 1.54 bits per heavy atom. The lowest BCUT2D eigenvalue weighted by Crippen LogP contribution is -1.70. The van der Waals surface area contributed by atoms with Crippen LogP contribution in [0, 0.1) is 0 Å². The van der Waals surface area contributed by atoms with Crippen molar-refractivity contribution in [3.05, 3.63) is 35.6 Å². The van der Waals surface area contributed by atoms with Crippen LogP contribution in [0.2, 0.25) is 0 Å².